The molecule has 0 spiro atoms. The highest BCUT2D eigenvalue weighted by Crippen LogP contribution is 2.43. The van der Waals surface area contributed by atoms with E-state index in [4.69, 9.17) is 9.47 Å². The van der Waals surface area contributed by atoms with Crippen molar-refractivity contribution in [2.45, 2.75) is 11.3 Å². The number of thioether (sulfide) groups is 2. The van der Waals surface area contributed by atoms with Crippen molar-refractivity contribution in [2.24, 2.45) is 0 Å². The van der Waals surface area contributed by atoms with Gasteiger partial charge in [-0.15, -0.1) is 0 Å². The second-order valence-electron chi connectivity index (χ2n) is 4.45. The van der Waals surface area contributed by atoms with Crippen LogP contribution in [0.5, 0.6) is 11.5 Å². The lowest BCUT2D eigenvalue weighted by Gasteiger charge is -2.31. The summed E-state index contributed by atoms with van der Waals surface area (Å²) in [4.78, 5) is 0. The monoisotopic (exact) mass is 377 g/mol. The first-order valence-electron chi connectivity index (χ1n) is 6.50. The van der Waals surface area contributed by atoms with Crippen molar-refractivity contribution in [3.63, 3.8) is 0 Å². The summed E-state index contributed by atoms with van der Waals surface area (Å²) in [5.41, 5.74) is 1.18. The van der Waals surface area contributed by atoms with Crippen molar-refractivity contribution in [1.29, 1.82) is 0 Å². The first kappa shape index (κ1) is 16.3. The lowest BCUT2D eigenvalue weighted by atomic mass is 10.0. The number of rotatable bonds is 5. The molecule has 1 fully saturated rings. The Labute approximate surface area is 137 Å². The van der Waals surface area contributed by atoms with E-state index in [1.165, 1.54) is 22.8 Å². The van der Waals surface area contributed by atoms with E-state index in [1.807, 2.05) is 36.6 Å². The normalized spacial score (nSPS) is 20.5. The standard InChI is InChI=1S/C14H20BrNO2S2/c1-16-13(11-8-19-6-7-20-11)9-4-5-10(17-2)12(15)14(9)18-3/h4-5,11,13,16H,6-8H2,1-3H3. The Balaban J connectivity index is 2.35. The van der Waals surface area contributed by atoms with Crippen molar-refractivity contribution >= 4 is 39.5 Å². The van der Waals surface area contributed by atoms with E-state index in [0.717, 1.165) is 16.0 Å². The fraction of sp³-hybridized carbons (Fsp3) is 0.571. The summed E-state index contributed by atoms with van der Waals surface area (Å²) >= 11 is 7.65. The molecule has 1 saturated heterocycles. The van der Waals surface area contributed by atoms with Crippen molar-refractivity contribution in [3.8, 4) is 11.5 Å². The number of methoxy groups -OCH3 is 2. The molecule has 1 aliphatic rings. The Morgan fingerprint density at radius 3 is 2.65 bits per heavy atom. The van der Waals surface area contributed by atoms with E-state index in [2.05, 4.69) is 27.3 Å². The van der Waals surface area contributed by atoms with Gasteiger partial charge in [-0.2, -0.15) is 23.5 Å². The molecule has 2 rings (SSSR count). The highest BCUT2D eigenvalue weighted by Gasteiger charge is 2.28. The molecule has 6 heteroatoms. The molecule has 1 aliphatic heterocycles. The summed E-state index contributed by atoms with van der Waals surface area (Å²) < 4.78 is 11.8. The Kier molecular flexibility index (Phi) is 6.39. The Hall–Kier alpha value is -0.0400. The van der Waals surface area contributed by atoms with Crippen LogP contribution in [0.1, 0.15) is 11.6 Å². The summed E-state index contributed by atoms with van der Waals surface area (Å²) in [6, 6.07) is 4.38. The fourth-order valence-electron chi connectivity index (χ4n) is 2.40. The van der Waals surface area contributed by atoms with Crippen LogP contribution in [0.2, 0.25) is 0 Å². The third-order valence-corrected chi connectivity index (χ3v) is 6.99. The molecular weight excluding hydrogens is 358 g/mol. The van der Waals surface area contributed by atoms with Gasteiger partial charge in [-0.3, -0.25) is 0 Å². The summed E-state index contributed by atoms with van der Waals surface area (Å²) in [6.45, 7) is 0. The summed E-state index contributed by atoms with van der Waals surface area (Å²) in [5, 5.41) is 4.01. The molecule has 0 radical (unpaired) electrons. The number of hydrogen-bond acceptors (Lipinski definition) is 5. The molecule has 0 aliphatic carbocycles. The van der Waals surface area contributed by atoms with Crippen molar-refractivity contribution in [2.75, 3.05) is 38.5 Å². The van der Waals surface area contributed by atoms with Crippen LogP contribution < -0.4 is 14.8 Å². The van der Waals surface area contributed by atoms with Gasteiger partial charge >= 0.3 is 0 Å². The molecule has 0 amide bonds. The zero-order chi connectivity index (χ0) is 14.5. The van der Waals surface area contributed by atoms with Crippen LogP contribution >= 0.6 is 39.5 Å². The second kappa shape index (κ2) is 7.82. The number of ether oxygens (including phenoxy) is 2. The molecule has 112 valence electrons. The Morgan fingerprint density at radius 2 is 2.10 bits per heavy atom. The van der Waals surface area contributed by atoms with Gasteiger partial charge in [0.05, 0.1) is 14.2 Å². The van der Waals surface area contributed by atoms with Crippen LogP contribution in [0.3, 0.4) is 0 Å². The van der Waals surface area contributed by atoms with E-state index in [1.54, 1.807) is 14.2 Å². The molecule has 1 aromatic rings. The predicted molar refractivity (Wildman–Crippen MR) is 92.6 cm³/mol. The van der Waals surface area contributed by atoms with E-state index in [9.17, 15) is 0 Å². The van der Waals surface area contributed by atoms with Gasteiger partial charge in [0.25, 0.3) is 0 Å². The van der Waals surface area contributed by atoms with Crippen molar-refractivity contribution in [1.82, 2.24) is 5.32 Å². The molecule has 1 aromatic carbocycles. The first-order valence-corrected chi connectivity index (χ1v) is 9.49. The van der Waals surface area contributed by atoms with Crippen LogP contribution in [-0.2, 0) is 0 Å². The van der Waals surface area contributed by atoms with Crippen LogP contribution in [0, 0.1) is 0 Å². The predicted octanol–water partition coefficient (Wildman–Crippen LogP) is 3.58. The quantitative estimate of drug-likeness (QED) is 0.847. The van der Waals surface area contributed by atoms with Crippen LogP contribution in [0.15, 0.2) is 16.6 Å². The van der Waals surface area contributed by atoms with Gasteiger partial charge in [-0.05, 0) is 35.1 Å². The molecule has 0 aromatic heterocycles. The highest BCUT2D eigenvalue weighted by molar-refractivity contribution is 9.10. The van der Waals surface area contributed by atoms with Crippen LogP contribution in [0.4, 0.5) is 0 Å². The van der Waals surface area contributed by atoms with Gasteiger partial charge in [-0.25, -0.2) is 0 Å². The number of hydrogen-bond donors (Lipinski definition) is 1. The minimum Gasteiger partial charge on any atom is -0.495 e. The van der Waals surface area contributed by atoms with Crippen LogP contribution in [-0.4, -0.2) is 43.8 Å². The lowest BCUT2D eigenvalue weighted by Crippen LogP contribution is -2.31. The van der Waals surface area contributed by atoms with Crippen LogP contribution in [0.25, 0.3) is 0 Å². The topological polar surface area (TPSA) is 30.5 Å². The number of halogens is 1. The van der Waals surface area contributed by atoms with Gasteiger partial charge in [0.2, 0.25) is 0 Å². The second-order valence-corrected chi connectivity index (χ2v) is 7.74. The summed E-state index contributed by atoms with van der Waals surface area (Å²) in [7, 11) is 5.39. The average Bonchev–Trinajstić information content (AvgIpc) is 2.49. The maximum absolute atomic E-state index is 5.61. The largest absolute Gasteiger partial charge is 0.495 e. The van der Waals surface area contributed by atoms with E-state index in [0.29, 0.717) is 5.25 Å². The molecule has 20 heavy (non-hydrogen) atoms. The smallest absolute Gasteiger partial charge is 0.141 e. The molecule has 3 nitrogen and oxygen atoms in total. The first-order chi connectivity index (χ1) is 9.72. The molecule has 1 N–H and O–H groups in total. The molecular formula is C14H20BrNO2S2. The average molecular weight is 378 g/mol. The zero-order valence-electron chi connectivity index (χ0n) is 11.9. The maximum atomic E-state index is 5.61. The Morgan fingerprint density at radius 1 is 1.30 bits per heavy atom. The van der Waals surface area contributed by atoms with Gasteiger partial charge < -0.3 is 14.8 Å². The summed E-state index contributed by atoms with van der Waals surface area (Å²) in [6.07, 6.45) is 0. The minimum absolute atomic E-state index is 0.282. The van der Waals surface area contributed by atoms with Gasteiger partial charge in [0, 0.05) is 34.1 Å². The van der Waals surface area contributed by atoms with Gasteiger partial charge in [-0.1, -0.05) is 0 Å². The minimum atomic E-state index is 0.282. The third-order valence-electron chi connectivity index (χ3n) is 3.38. The molecule has 2 unspecified atom stereocenters. The molecule has 2 atom stereocenters. The molecule has 1 heterocycles. The number of nitrogens with one attached hydrogen (secondary N) is 1. The lowest BCUT2D eigenvalue weighted by molar-refractivity contribution is 0.381. The third kappa shape index (κ3) is 3.40. The van der Waals surface area contributed by atoms with Crippen molar-refractivity contribution in [3.05, 3.63) is 22.2 Å². The number of benzene rings is 1. The Bertz CT molecular complexity index is 453. The van der Waals surface area contributed by atoms with Gasteiger partial charge in [0.1, 0.15) is 16.0 Å². The fourth-order valence-corrected chi connectivity index (χ4v) is 5.99. The SMILES string of the molecule is CNC(c1ccc(OC)c(Br)c1OC)C1CSCCS1. The molecule has 0 bridgehead atoms. The van der Waals surface area contributed by atoms with Crippen molar-refractivity contribution < 1.29 is 9.47 Å². The summed E-state index contributed by atoms with van der Waals surface area (Å²) in [5.74, 6) is 5.29. The van der Waals surface area contributed by atoms with E-state index >= 15 is 0 Å². The molecule has 0 saturated carbocycles. The van der Waals surface area contributed by atoms with E-state index < -0.39 is 0 Å². The maximum Gasteiger partial charge on any atom is 0.141 e. The van der Waals surface area contributed by atoms with E-state index in [-0.39, 0.29) is 6.04 Å². The zero-order valence-corrected chi connectivity index (χ0v) is 15.2. The highest BCUT2D eigenvalue weighted by atomic mass is 79.9. The van der Waals surface area contributed by atoms with Gasteiger partial charge in [0.15, 0.2) is 0 Å².